The molecule has 0 bridgehead atoms. The van der Waals surface area contributed by atoms with Crippen molar-refractivity contribution in [3.63, 3.8) is 0 Å². The van der Waals surface area contributed by atoms with Gasteiger partial charge in [0.1, 0.15) is 12.4 Å². The molecule has 0 saturated heterocycles. The Kier molecular flexibility index (Phi) is 12.0. The number of hydrogen-bond acceptors (Lipinski definition) is 5. The van der Waals surface area contributed by atoms with Crippen molar-refractivity contribution in [2.24, 2.45) is 10.7 Å². The van der Waals surface area contributed by atoms with Crippen molar-refractivity contribution in [3.8, 4) is 17.2 Å². The molecule has 0 fully saturated rings. The van der Waals surface area contributed by atoms with Gasteiger partial charge in [-0.3, -0.25) is 0 Å². The Balaban J connectivity index is 0.00000450. The second-order valence-electron chi connectivity index (χ2n) is 6.42. The fourth-order valence-corrected chi connectivity index (χ4v) is 2.79. The van der Waals surface area contributed by atoms with Crippen molar-refractivity contribution in [1.82, 2.24) is 4.90 Å². The molecule has 0 atom stereocenters. The first-order chi connectivity index (χ1) is 14.1. The van der Waals surface area contributed by atoms with E-state index in [-0.39, 0.29) is 24.0 Å². The third kappa shape index (κ3) is 8.27. The number of nitrogens with two attached hydrogens (primary N) is 1. The molecule has 2 rings (SSSR count). The molecule has 3 N–H and O–H groups in total. The maximum Gasteiger partial charge on any atom is 0.193 e. The fraction of sp³-hybridized carbons (Fsp3) is 0.409. The van der Waals surface area contributed by atoms with Crippen LogP contribution in [-0.2, 0) is 6.54 Å². The van der Waals surface area contributed by atoms with Gasteiger partial charge in [-0.1, -0.05) is 19.9 Å². The number of rotatable bonds is 11. The van der Waals surface area contributed by atoms with Gasteiger partial charge in [0, 0.05) is 12.2 Å². The highest BCUT2D eigenvalue weighted by Crippen LogP contribution is 2.28. The number of nitrogens with one attached hydrogen (secondary N) is 1. The smallest absolute Gasteiger partial charge is 0.193 e. The molecular formula is C22H33IN4O3. The summed E-state index contributed by atoms with van der Waals surface area (Å²) in [4.78, 5) is 6.71. The molecule has 0 radical (unpaired) electrons. The Morgan fingerprint density at radius 2 is 1.70 bits per heavy atom. The quantitative estimate of drug-likeness (QED) is 0.261. The van der Waals surface area contributed by atoms with Crippen LogP contribution in [0.2, 0.25) is 0 Å². The Labute approximate surface area is 196 Å². The first-order valence-corrected chi connectivity index (χ1v) is 9.82. The predicted octanol–water partition coefficient (Wildman–Crippen LogP) is 3.97. The minimum absolute atomic E-state index is 0. The van der Waals surface area contributed by atoms with Gasteiger partial charge in [0.25, 0.3) is 0 Å². The summed E-state index contributed by atoms with van der Waals surface area (Å²) in [6, 6.07) is 13.3. The Morgan fingerprint density at radius 1 is 1.00 bits per heavy atom. The highest BCUT2D eigenvalue weighted by Gasteiger charge is 2.07. The molecule has 0 amide bonds. The van der Waals surface area contributed by atoms with Crippen LogP contribution >= 0.6 is 24.0 Å². The summed E-state index contributed by atoms with van der Waals surface area (Å²) in [5.41, 5.74) is 7.82. The molecule has 7 nitrogen and oxygen atoms in total. The van der Waals surface area contributed by atoms with Crippen molar-refractivity contribution in [3.05, 3.63) is 48.0 Å². The zero-order chi connectivity index (χ0) is 21.1. The van der Waals surface area contributed by atoms with E-state index in [1.54, 1.807) is 14.2 Å². The van der Waals surface area contributed by atoms with E-state index < -0.39 is 0 Å². The van der Waals surface area contributed by atoms with Gasteiger partial charge in [0.2, 0.25) is 0 Å². The average molecular weight is 528 g/mol. The van der Waals surface area contributed by atoms with Crippen LogP contribution in [0.1, 0.15) is 19.4 Å². The van der Waals surface area contributed by atoms with Crippen molar-refractivity contribution < 1.29 is 14.2 Å². The number of guanidine groups is 1. The maximum atomic E-state index is 5.99. The highest BCUT2D eigenvalue weighted by atomic mass is 127. The van der Waals surface area contributed by atoms with Gasteiger partial charge >= 0.3 is 0 Å². The summed E-state index contributed by atoms with van der Waals surface area (Å²) in [7, 11) is 3.27. The lowest BCUT2D eigenvalue weighted by Crippen LogP contribution is -2.27. The molecule has 8 heteroatoms. The van der Waals surface area contributed by atoms with Crippen molar-refractivity contribution in [2.45, 2.75) is 20.4 Å². The third-order valence-corrected chi connectivity index (χ3v) is 4.58. The van der Waals surface area contributed by atoms with Gasteiger partial charge in [0.15, 0.2) is 17.5 Å². The molecule has 0 aliphatic heterocycles. The van der Waals surface area contributed by atoms with Crippen LogP contribution in [0.15, 0.2) is 47.5 Å². The number of anilines is 1. The van der Waals surface area contributed by atoms with Crippen LogP contribution in [0.4, 0.5) is 5.69 Å². The summed E-state index contributed by atoms with van der Waals surface area (Å²) in [5, 5.41) is 3.06. The number of benzene rings is 2. The topological polar surface area (TPSA) is 81.3 Å². The summed E-state index contributed by atoms with van der Waals surface area (Å²) in [6.07, 6.45) is 0. The lowest BCUT2D eigenvalue weighted by molar-refractivity contribution is 0.217. The molecule has 166 valence electrons. The summed E-state index contributed by atoms with van der Waals surface area (Å²) in [6.45, 7) is 8.26. The average Bonchev–Trinajstić information content (AvgIpc) is 2.76. The standard InChI is InChI=1S/C22H32N4O3.HI/c1-5-26(6-2)13-14-29-20-12-7-17(15-21(20)28-4)16-24-22(23)25-18-8-10-19(27-3)11-9-18;/h7-12,15H,5-6,13-14,16H2,1-4H3,(H3,23,24,25);1H. The maximum absolute atomic E-state index is 5.99. The van der Waals surface area contributed by atoms with E-state index in [2.05, 4.69) is 29.1 Å². The Hall–Kier alpha value is -2.20. The predicted molar refractivity (Wildman–Crippen MR) is 134 cm³/mol. The van der Waals surface area contributed by atoms with Gasteiger partial charge in [-0.15, -0.1) is 24.0 Å². The van der Waals surface area contributed by atoms with E-state index in [1.807, 2.05) is 42.5 Å². The Bertz CT molecular complexity index is 780. The molecular weight excluding hydrogens is 495 g/mol. The molecule has 0 aromatic heterocycles. The Morgan fingerprint density at radius 3 is 2.30 bits per heavy atom. The first-order valence-electron chi connectivity index (χ1n) is 9.82. The highest BCUT2D eigenvalue weighted by molar-refractivity contribution is 14.0. The van der Waals surface area contributed by atoms with Crippen LogP contribution in [-0.4, -0.2) is 51.3 Å². The molecule has 2 aromatic carbocycles. The zero-order valence-corrected chi connectivity index (χ0v) is 20.5. The molecule has 0 saturated carbocycles. The molecule has 0 aliphatic rings. The van der Waals surface area contributed by atoms with Gasteiger partial charge in [-0.25, -0.2) is 4.99 Å². The van der Waals surface area contributed by atoms with E-state index >= 15 is 0 Å². The second-order valence-corrected chi connectivity index (χ2v) is 6.42. The number of likely N-dealkylation sites (N-methyl/N-ethyl adjacent to an activating group) is 1. The number of nitrogens with zero attached hydrogens (tertiary/aromatic N) is 2. The number of halogens is 1. The van der Waals surface area contributed by atoms with Gasteiger partial charge in [-0.05, 0) is 55.1 Å². The minimum atomic E-state index is 0. The van der Waals surface area contributed by atoms with Crippen molar-refractivity contribution in [1.29, 1.82) is 0 Å². The normalized spacial score (nSPS) is 11.0. The zero-order valence-electron chi connectivity index (χ0n) is 18.2. The monoisotopic (exact) mass is 528 g/mol. The van der Waals surface area contributed by atoms with Crippen molar-refractivity contribution in [2.75, 3.05) is 45.8 Å². The van der Waals surface area contributed by atoms with E-state index in [4.69, 9.17) is 19.9 Å². The number of aliphatic imine (C=N–C) groups is 1. The van der Waals surface area contributed by atoms with Crippen LogP contribution in [0.5, 0.6) is 17.2 Å². The van der Waals surface area contributed by atoms with Gasteiger partial charge < -0.3 is 30.2 Å². The lowest BCUT2D eigenvalue weighted by atomic mass is 10.2. The first kappa shape index (κ1) is 25.8. The molecule has 30 heavy (non-hydrogen) atoms. The molecule has 0 heterocycles. The SMILES string of the molecule is CCN(CC)CCOc1ccc(CN=C(N)Nc2ccc(OC)cc2)cc1OC.I. The number of methoxy groups -OCH3 is 2. The molecule has 0 aliphatic carbocycles. The van der Waals surface area contributed by atoms with Gasteiger partial charge in [0.05, 0.1) is 20.8 Å². The summed E-state index contributed by atoms with van der Waals surface area (Å²) >= 11 is 0. The third-order valence-electron chi connectivity index (χ3n) is 4.58. The van der Waals surface area contributed by atoms with Crippen LogP contribution in [0.25, 0.3) is 0 Å². The van der Waals surface area contributed by atoms with Crippen LogP contribution < -0.4 is 25.3 Å². The van der Waals surface area contributed by atoms with E-state index in [0.29, 0.717) is 24.9 Å². The van der Waals surface area contributed by atoms with Crippen molar-refractivity contribution >= 4 is 35.6 Å². The lowest BCUT2D eigenvalue weighted by Gasteiger charge is -2.18. The second kappa shape index (κ2) is 13.9. The van der Waals surface area contributed by atoms with Crippen LogP contribution in [0.3, 0.4) is 0 Å². The summed E-state index contributed by atoms with van der Waals surface area (Å²) in [5.74, 6) is 2.56. The van der Waals surface area contributed by atoms with E-state index in [9.17, 15) is 0 Å². The van der Waals surface area contributed by atoms with Gasteiger partial charge in [-0.2, -0.15) is 0 Å². The number of hydrogen-bond donors (Lipinski definition) is 2. The largest absolute Gasteiger partial charge is 0.497 e. The molecule has 0 unspecified atom stereocenters. The molecule has 0 spiro atoms. The van der Waals surface area contributed by atoms with E-state index in [1.165, 1.54) is 0 Å². The number of ether oxygens (including phenoxy) is 3. The van der Waals surface area contributed by atoms with E-state index in [0.717, 1.165) is 42.4 Å². The minimum Gasteiger partial charge on any atom is -0.497 e. The fourth-order valence-electron chi connectivity index (χ4n) is 2.79. The summed E-state index contributed by atoms with van der Waals surface area (Å²) < 4.78 is 16.5. The van der Waals surface area contributed by atoms with Crippen LogP contribution in [0, 0.1) is 0 Å². The molecule has 2 aromatic rings.